The molecule has 0 bridgehead atoms. The first kappa shape index (κ1) is 17.6. The number of hydrogen-bond donors (Lipinski definition) is 1. The summed E-state index contributed by atoms with van der Waals surface area (Å²) in [4.78, 5) is 34.1. The van der Waals surface area contributed by atoms with Crippen LogP contribution in [0.25, 0.3) is 0 Å². The summed E-state index contributed by atoms with van der Waals surface area (Å²) in [5.74, 6) is -0.319. The molecule has 0 saturated heterocycles. The van der Waals surface area contributed by atoms with Crippen molar-refractivity contribution in [3.63, 3.8) is 0 Å². The van der Waals surface area contributed by atoms with Gasteiger partial charge >= 0.3 is 0 Å². The SMILES string of the molecule is CCCN(CCC(=O)Nc1ccc(C)cc1)C(=O)c1cnccn1. The average Bonchev–Trinajstić information content (AvgIpc) is 2.61. The average molecular weight is 326 g/mol. The van der Waals surface area contributed by atoms with Crippen molar-refractivity contribution in [1.29, 1.82) is 0 Å². The molecule has 1 heterocycles. The number of carbonyl (C=O) groups is 2. The molecule has 6 heteroatoms. The monoisotopic (exact) mass is 326 g/mol. The summed E-state index contributed by atoms with van der Waals surface area (Å²) in [6.07, 6.45) is 5.50. The van der Waals surface area contributed by atoms with Crippen molar-refractivity contribution in [1.82, 2.24) is 14.9 Å². The maximum absolute atomic E-state index is 12.4. The standard InChI is InChI=1S/C18H22N4O2/c1-3-11-22(18(24)16-13-19-9-10-20-16)12-8-17(23)21-15-6-4-14(2)5-7-15/h4-7,9-10,13H,3,8,11-12H2,1-2H3,(H,21,23). The molecule has 1 aromatic heterocycles. The van der Waals surface area contributed by atoms with Crippen molar-refractivity contribution in [2.75, 3.05) is 18.4 Å². The van der Waals surface area contributed by atoms with E-state index in [1.165, 1.54) is 18.6 Å². The third kappa shape index (κ3) is 5.15. The molecule has 0 spiro atoms. The van der Waals surface area contributed by atoms with Crippen LogP contribution in [-0.2, 0) is 4.79 Å². The van der Waals surface area contributed by atoms with Crippen LogP contribution in [0, 0.1) is 6.92 Å². The van der Waals surface area contributed by atoms with Gasteiger partial charge in [0, 0.05) is 37.6 Å². The Morgan fingerprint density at radius 1 is 1.12 bits per heavy atom. The molecule has 2 amide bonds. The Balaban J connectivity index is 1.92. The normalized spacial score (nSPS) is 10.2. The van der Waals surface area contributed by atoms with Crippen LogP contribution in [0.2, 0.25) is 0 Å². The van der Waals surface area contributed by atoms with Gasteiger partial charge in [0.1, 0.15) is 5.69 Å². The highest BCUT2D eigenvalue weighted by Gasteiger charge is 2.17. The van der Waals surface area contributed by atoms with Crippen molar-refractivity contribution >= 4 is 17.5 Å². The maximum Gasteiger partial charge on any atom is 0.274 e. The van der Waals surface area contributed by atoms with Crippen molar-refractivity contribution in [2.45, 2.75) is 26.7 Å². The van der Waals surface area contributed by atoms with Crippen molar-refractivity contribution in [2.24, 2.45) is 0 Å². The summed E-state index contributed by atoms with van der Waals surface area (Å²) in [5, 5.41) is 2.84. The predicted molar refractivity (Wildman–Crippen MR) is 92.7 cm³/mol. The highest BCUT2D eigenvalue weighted by atomic mass is 16.2. The number of hydrogen-bond acceptors (Lipinski definition) is 4. The first-order valence-electron chi connectivity index (χ1n) is 8.02. The number of benzene rings is 1. The van der Waals surface area contributed by atoms with E-state index in [9.17, 15) is 9.59 Å². The van der Waals surface area contributed by atoms with Crippen LogP contribution in [0.4, 0.5) is 5.69 Å². The van der Waals surface area contributed by atoms with Gasteiger partial charge in [-0.2, -0.15) is 0 Å². The summed E-state index contributed by atoms with van der Waals surface area (Å²) in [7, 11) is 0. The Morgan fingerprint density at radius 2 is 1.88 bits per heavy atom. The van der Waals surface area contributed by atoms with E-state index in [1.807, 2.05) is 38.1 Å². The van der Waals surface area contributed by atoms with E-state index in [0.717, 1.165) is 17.7 Å². The Bertz CT molecular complexity index is 671. The number of nitrogens with one attached hydrogen (secondary N) is 1. The first-order valence-corrected chi connectivity index (χ1v) is 8.02. The lowest BCUT2D eigenvalue weighted by atomic mass is 10.2. The zero-order chi connectivity index (χ0) is 17.4. The topological polar surface area (TPSA) is 75.2 Å². The van der Waals surface area contributed by atoms with E-state index in [4.69, 9.17) is 0 Å². The van der Waals surface area contributed by atoms with E-state index in [2.05, 4.69) is 15.3 Å². The van der Waals surface area contributed by atoms with Crippen molar-refractivity contribution in [3.8, 4) is 0 Å². The lowest BCUT2D eigenvalue weighted by Gasteiger charge is -2.21. The third-order valence-corrected chi connectivity index (χ3v) is 3.51. The van der Waals surface area contributed by atoms with Gasteiger partial charge in [-0.15, -0.1) is 0 Å². The van der Waals surface area contributed by atoms with Crippen molar-refractivity contribution in [3.05, 3.63) is 54.1 Å². The quantitative estimate of drug-likeness (QED) is 0.849. The minimum atomic E-state index is -0.201. The molecule has 6 nitrogen and oxygen atoms in total. The van der Waals surface area contributed by atoms with Gasteiger partial charge in [-0.05, 0) is 25.5 Å². The van der Waals surface area contributed by atoms with Crippen LogP contribution in [0.15, 0.2) is 42.9 Å². The molecule has 1 N–H and O–H groups in total. The van der Waals surface area contributed by atoms with E-state index >= 15 is 0 Å². The van der Waals surface area contributed by atoms with Crippen LogP contribution >= 0.6 is 0 Å². The summed E-state index contributed by atoms with van der Waals surface area (Å²) in [6.45, 7) is 4.91. The van der Waals surface area contributed by atoms with E-state index in [1.54, 1.807) is 4.90 Å². The van der Waals surface area contributed by atoms with E-state index < -0.39 is 0 Å². The molecule has 1 aromatic carbocycles. The third-order valence-electron chi connectivity index (χ3n) is 3.51. The number of aromatic nitrogens is 2. The zero-order valence-electron chi connectivity index (χ0n) is 14.0. The van der Waals surface area contributed by atoms with Crippen molar-refractivity contribution < 1.29 is 9.59 Å². The largest absolute Gasteiger partial charge is 0.337 e. The van der Waals surface area contributed by atoms with Gasteiger partial charge in [-0.3, -0.25) is 14.6 Å². The molecule has 2 aromatic rings. The Hall–Kier alpha value is -2.76. The van der Waals surface area contributed by atoms with Gasteiger partial charge < -0.3 is 10.2 Å². The molecule has 0 aliphatic heterocycles. The number of nitrogens with zero attached hydrogens (tertiary/aromatic N) is 3. The molecule has 24 heavy (non-hydrogen) atoms. The van der Waals surface area contributed by atoms with Crippen LogP contribution < -0.4 is 5.32 Å². The minimum absolute atomic E-state index is 0.119. The Kier molecular flexibility index (Phi) is 6.42. The number of rotatable bonds is 7. The molecule has 126 valence electrons. The van der Waals surface area contributed by atoms with E-state index in [-0.39, 0.29) is 18.2 Å². The molecule has 2 rings (SSSR count). The van der Waals surface area contributed by atoms with Gasteiger partial charge in [0.05, 0.1) is 6.20 Å². The summed E-state index contributed by atoms with van der Waals surface area (Å²) in [5.41, 5.74) is 2.19. The second-order valence-electron chi connectivity index (χ2n) is 5.55. The predicted octanol–water partition coefficient (Wildman–Crippen LogP) is 2.67. The number of aryl methyl sites for hydroxylation is 1. The number of anilines is 1. The van der Waals surface area contributed by atoms with Crippen LogP contribution in [0.1, 0.15) is 35.8 Å². The fraction of sp³-hybridized carbons (Fsp3) is 0.333. The van der Waals surface area contributed by atoms with Gasteiger partial charge in [-0.1, -0.05) is 24.6 Å². The molecule has 0 aliphatic carbocycles. The smallest absolute Gasteiger partial charge is 0.274 e. The molecule has 0 aliphatic rings. The number of amides is 2. The van der Waals surface area contributed by atoms with E-state index in [0.29, 0.717) is 18.8 Å². The second kappa shape index (κ2) is 8.76. The molecule has 0 radical (unpaired) electrons. The summed E-state index contributed by atoms with van der Waals surface area (Å²) in [6, 6.07) is 7.61. The Morgan fingerprint density at radius 3 is 2.50 bits per heavy atom. The Labute approximate surface area is 141 Å². The zero-order valence-corrected chi connectivity index (χ0v) is 14.0. The second-order valence-corrected chi connectivity index (χ2v) is 5.55. The lowest BCUT2D eigenvalue weighted by molar-refractivity contribution is -0.116. The minimum Gasteiger partial charge on any atom is -0.337 e. The molecule has 0 saturated carbocycles. The summed E-state index contributed by atoms with van der Waals surface area (Å²) < 4.78 is 0. The first-order chi connectivity index (χ1) is 11.6. The lowest BCUT2D eigenvalue weighted by Crippen LogP contribution is -2.35. The fourth-order valence-electron chi connectivity index (χ4n) is 2.25. The van der Waals surface area contributed by atoms with Crippen LogP contribution in [-0.4, -0.2) is 39.8 Å². The van der Waals surface area contributed by atoms with Gasteiger partial charge in [-0.25, -0.2) is 4.98 Å². The molecule has 0 fully saturated rings. The number of carbonyl (C=O) groups excluding carboxylic acids is 2. The maximum atomic E-state index is 12.4. The molecular formula is C18H22N4O2. The molecule has 0 unspecified atom stereocenters. The van der Waals surface area contributed by atoms with Gasteiger partial charge in [0.2, 0.25) is 5.91 Å². The van der Waals surface area contributed by atoms with Gasteiger partial charge in [0.15, 0.2) is 0 Å². The fourth-order valence-corrected chi connectivity index (χ4v) is 2.25. The molecule has 0 atom stereocenters. The van der Waals surface area contributed by atoms with Crippen LogP contribution in [0.5, 0.6) is 0 Å². The highest BCUT2D eigenvalue weighted by molar-refractivity contribution is 5.93. The summed E-state index contributed by atoms with van der Waals surface area (Å²) >= 11 is 0. The van der Waals surface area contributed by atoms with Crippen LogP contribution in [0.3, 0.4) is 0 Å². The highest BCUT2D eigenvalue weighted by Crippen LogP contribution is 2.09. The molecular weight excluding hydrogens is 304 g/mol. The van der Waals surface area contributed by atoms with Gasteiger partial charge in [0.25, 0.3) is 5.91 Å².